The summed E-state index contributed by atoms with van der Waals surface area (Å²) in [5.41, 5.74) is 7.17. The molecule has 1 aromatic heterocycles. The molecule has 2 aliphatic rings. The monoisotopic (exact) mass is 434 g/mol. The Bertz CT molecular complexity index is 1640. The molecule has 2 heteroatoms. The molecular formula is C32H22N2. The Morgan fingerprint density at radius 1 is 0.588 bits per heavy atom. The number of rotatable bonds is 2. The molecule has 34 heavy (non-hydrogen) atoms. The first-order chi connectivity index (χ1) is 16.9. The number of allylic oxidation sites excluding steroid dienone is 3. The third-order valence-electron chi connectivity index (χ3n) is 6.85. The van der Waals surface area contributed by atoms with Crippen molar-refractivity contribution in [2.75, 3.05) is 4.90 Å². The van der Waals surface area contributed by atoms with Gasteiger partial charge in [-0.05, 0) is 48.0 Å². The maximum atomic E-state index is 3.52. The molecule has 2 nitrogen and oxygen atoms in total. The lowest BCUT2D eigenvalue weighted by atomic mass is 9.97. The Morgan fingerprint density at radius 2 is 1.26 bits per heavy atom. The van der Waals surface area contributed by atoms with E-state index in [1.165, 1.54) is 33.1 Å². The van der Waals surface area contributed by atoms with Crippen molar-refractivity contribution in [2.24, 2.45) is 0 Å². The van der Waals surface area contributed by atoms with Gasteiger partial charge in [0.05, 0.1) is 17.0 Å². The van der Waals surface area contributed by atoms with Crippen LogP contribution < -0.4 is 4.90 Å². The van der Waals surface area contributed by atoms with E-state index in [1.54, 1.807) is 0 Å². The zero-order valence-corrected chi connectivity index (χ0v) is 18.6. The summed E-state index contributed by atoms with van der Waals surface area (Å²) in [6.45, 7) is 0. The van der Waals surface area contributed by atoms with Crippen molar-refractivity contribution < 1.29 is 0 Å². The predicted octanol–water partition coefficient (Wildman–Crippen LogP) is 7.52. The summed E-state index contributed by atoms with van der Waals surface area (Å²) in [7, 11) is 0. The molecular weight excluding hydrogens is 412 g/mol. The van der Waals surface area contributed by atoms with Gasteiger partial charge in [-0.1, -0.05) is 90.7 Å². The molecule has 2 bridgehead atoms. The van der Waals surface area contributed by atoms with E-state index in [-0.39, 0.29) is 12.0 Å². The highest BCUT2D eigenvalue weighted by molar-refractivity contribution is 6.09. The van der Waals surface area contributed by atoms with Crippen molar-refractivity contribution in [1.29, 1.82) is 0 Å². The Morgan fingerprint density at radius 3 is 2.09 bits per heavy atom. The zero-order chi connectivity index (χ0) is 22.5. The maximum Gasteiger partial charge on any atom is 0.114 e. The van der Waals surface area contributed by atoms with Crippen LogP contribution in [0, 0.1) is 11.8 Å². The molecule has 2 atom stereocenters. The van der Waals surface area contributed by atoms with E-state index in [4.69, 9.17) is 0 Å². The fourth-order valence-corrected chi connectivity index (χ4v) is 5.35. The van der Waals surface area contributed by atoms with Gasteiger partial charge in [0.25, 0.3) is 0 Å². The third kappa shape index (κ3) is 2.84. The minimum absolute atomic E-state index is 0.0236. The number of nitrogens with zero attached hydrogens (tertiary/aromatic N) is 2. The fraction of sp³-hybridized carbons (Fsp3) is 0.0625. The molecule has 0 fully saturated rings. The average molecular weight is 435 g/mol. The van der Waals surface area contributed by atoms with Gasteiger partial charge < -0.3 is 9.47 Å². The highest BCUT2D eigenvalue weighted by atomic mass is 15.2. The first-order valence-electron chi connectivity index (χ1n) is 11.7. The Kier molecular flexibility index (Phi) is 4.22. The summed E-state index contributed by atoms with van der Waals surface area (Å²) in [5, 5.41) is 2.55. The van der Waals surface area contributed by atoms with Crippen molar-refractivity contribution in [3.8, 4) is 17.5 Å². The van der Waals surface area contributed by atoms with Gasteiger partial charge >= 0.3 is 0 Å². The molecule has 1 aliphatic carbocycles. The first kappa shape index (κ1) is 19.0. The molecule has 160 valence electrons. The second-order valence-electron chi connectivity index (χ2n) is 8.80. The molecule has 4 aromatic carbocycles. The minimum Gasteiger partial charge on any atom is -0.323 e. The van der Waals surface area contributed by atoms with Crippen molar-refractivity contribution in [3.05, 3.63) is 127 Å². The molecule has 1 aliphatic heterocycles. The molecule has 0 radical (unpaired) electrons. The maximum absolute atomic E-state index is 3.52. The van der Waals surface area contributed by atoms with Crippen LogP contribution in [0.5, 0.6) is 0 Å². The summed E-state index contributed by atoms with van der Waals surface area (Å²) in [6, 6.07) is 34.8. The smallest absolute Gasteiger partial charge is 0.114 e. The van der Waals surface area contributed by atoms with Crippen LogP contribution >= 0.6 is 0 Å². The number of benzene rings is 4. The normalized spacial score (nSPS) is 20.2. The van der Waals surface area contributed by atoms with Crippen LogP contribution in [0.1, 0.15) is 11.5 Å². The van der Waals surface area contributed by atoms with Crippen LogP contribution in [0.15, 0.2) is 121 Å². The van der Waals surface area contributed by atoms with Gasteiger partial charge in [-0.3, -0.25) is 0 Å². The number of aromatic nitrogens is 1. The molecule has 7 rings (SSSR count). The van der Waals surface area contributed by atoms with E-state index in [9.17, 15) is 0 Å². The van der Waals surface area contributed by atoms with Gasteiger partial charge in [0.2, 0.25) is 0 Å². The van der Waals surface area contributed by atoms with E-state index >= 15 is 0 Å². The first-order valence-corrected chi connectivity index (χ1v) is 11.7. The second kappa shape index (κ2) is 7.54. The Balaban J connectivity index is 1.46. The van der Waals surface area contributed by atoms with Gasteiger partial charge in [-0.15, -0.1) is 0 Å². The van der Waals surface area contributed by atoms with Gasteiger partial charge in [-0.25, -0.2) is 0 Å². The second-order valence-corrected chi connectivity index (χ2v) is 8.80. The lowest BCUT2D eigenvalue weighted by Gasteiger charge is -2.30. The van der Waals surface area contributed by atoms with Crippen LogP contribution in [-0.2, 0) is 0 Å². The number of para-hydroxylation sites is 3. The molecule has 0 saturated carbocycles. The third-order valence-corrected chi connectivity index (χ3v) is 6.85. The minimum atomic E-state index is -0.0236. The van der Waals surface area contributed by atoms with Crippen LogP contribution in [0.25, 0.3) is 27.5 Å². The van der Waals surface area contributed by atoms with Gasteiger partial charge in [0.15, 0.2) is 0 Å². The molecule has 0 spiro atoms. The molecule has 0 amide bonds. The summed E-state index contributed by atoms with van der Waals surface area (Å²) in [5.74, 6) is 7.12. The molecule has 1 unspecified atom stereocenters. The summed E-state index contributed by atoms with van der Waals surface area (Å²) < 4.78 is 2.37. The number of hydrogen-bond acceptors (Lipinski definition) is 1. The SMILES string of the molecule is C1#C[C@@H]2/C=C\C=C/C1N(c1cccc(-n3c4ccccc4c4ccccc43)c1)c1ccccc12. The molecule has 0 N–H and O–H groups in total. The molecule has 5 aromatic rings. The van der Waals surface area contributed by atoms with Gasteiger partial charge in [0.1, 0.15) is 6.04 Å². The highest BCUT2D eigenvalue weighted by Crippen LogP contribution is 2.39. The molecule has 2 heterocycles. The van der Waals surface area contributed by atoms with Crippen LogP contribution in [0.4, 0.5) is 11.4 Å². The van der Waals surface area contributed by atoms with E-state index < -0.39 is 0 Å². The summed E-state index contributed by atoms with van der Waals surface area (Å²) in [6.07, 6.45) is 8.63. The van der Waals surface area contributed by atoms with E-state index in [0.717, 1.165) is 11.4 Å². The van der Waals surface area contributed by atoms with Crippen molar-refractivity contribution in [3.63, 3.8) is 0 Å². The van der Waals surface area contributed by atoms with E-state index in [2.05, 4.69) is 143 Å². The Hall–Kier alpha value is -4.48. The standard InChI is InChI=1S/C32H22N2/c1-2-11-24-21-20-23(10-1)27-14-3-6-17-30(27)33(24)25-12-9-13-26(22-25)34-31-18-7-4-15-28(31)29-16-5-8-19-32(29)34/h1-19,22-24H/b10-1-,11-2-/t23-,24?/m0/s1. The van der Waals surface area contributed by atoms with Crippen molar-refractivity contribution in [1.82, 2.24) is 4.57 Å². The van der Waals surface area contributed by atoms with E-state index in [0.29, 0.717) is 0 Å². The van der Waals surface area contributed by atoms with Crippen LogP contribution in [0.3, 0.4) is 0 Å². The average Bonchev–Trinajstić information content (AvgIpc) is 3.15. The number of fused-ring (bicyclic) bond motifs is 7. The Labute approximate surface area is 199 Å². The van der Waals surface area contributed by atoms with E-state index in [1.807, 2.05) is 0 Å². The zero-order valence-electron chi connectivity index (χ0n) is 18.6. The molecule has 0 saturated heterocycles. The van der Waals surface area contributed by atoms with Crippen LogP contribution in [0.2, 0.25) is 0 Å². The quantitative estimate of drug-likeness (QED) is 0.261. The lowest BCUT2D eigenvalue weighted by Crippen LogP contribution is -2.28. The number of anilines is 2. The summed E-state index contributed by atoms with van der Waals surface area (Å²) >= 11 is 0. The fourth-order valence-electron chi connectivity index (χ4n) is 5.35. The van der Waals surface area contributed by atoms with Crippen molar-refractivity contribution in [2.45, 2.75) is 12.0 Å². The largest absolute Gasteiger partial charge is 0.323 e. The highest BCUT2D eigenvalue weighted by Gasteiger charge is 2.26. The lowest BCUT2D eigenvalue weighted by molar-refractivity contribution is 0.965. The summed E-state index contributed by atoms with van der Waals surface area (Å²) in [4.78, 5) is 2.38. The predicted molar refractivity (Wildman–Crippen MR) is 142 cm³/mol. The van der Waals surface area contributed by atoms with Crippen LogP contribution in [-0.4, -0.2) is 10.6 Å². The van der Waals surface area contributed by atoms with Gasteiger partial charge in [-0.2, -0.15) is 0 Å². The van der Waals surface area contributed by atoms with Crippen molar-refractivity contribution >= 4 is 33.2 Å². The van der Waals surface area contributed by atoms with Gasteiger partial charge in [0, 0.05) is 27.8 Å². The number of hydrogen-bond donors (Lipinski definition) is 0. The topological polar surface area (TPSA) is 8.17 Å².